The SMILES string of the molecule is O=C(Cc1ccc([N+](=O)[O-])cc1)N/N=C(\c1ccccc1)c1ccccn1. The van der Waals surface area contributed by atoms with Gasteiger partial charge >= 0.3 is 0 Å². The van der Waals surface area contributed by atoms with Gasteiger partial charge in [0, 0.05) is 23.9 Å². The Bertz CT molecular complexity index is 914. The molecule has 2 aromatic carbocycles. The number of rotatable bonds is 6. The summed E-state index contributed by atoms with van der Waals surface area (Å²) in [6.07, 6.45) is 1.72. The minimum atomic E-state index is -0.479. The molecule has 134 valence electrons. The molecule has 0 unspecified atom stereocenters. The molecule has 0 fully saturated rings. The molecule has 0 atom stereocenters. The van der Waals surface area contributed by atoms with Crippen molar-refractivity contribution in [3.63, 3.8) is 0 Å². The fourth-order valence-corrected chi connectivity index (χ4v) is 2.45. The van der Waals surface area contributed by atoms with Gasteiger partial charge in [-0.15, -0.1) is 0 Å². The van der Waals surface area contributed by atoms with Gasteiger partial charge in [-0.25, -0.2) is 5.43 Å². The first-order chi connectivity index (χ1) is 13.1. The highest BCUT2D eigenvalue weighted by Crippen LogP contribution is 2.12. The molecule has 0 aliphatic carbocycles. The van der Waals surface area contributed by atoms with Crippen LogP contribution in [0.25, 0.3) is 0 Å². The van der Waals surface area contributed by atoms with Gasteiger partial charge in [-0.1, -0.05) is 48.5 Å². The predicted octanol–water partition coefficient (Wildman–Crippen LogP) is 3.10. The number of hydrazone groups is 1. The Morgan fingerprint density at radius 2 is 1.70 bits per heavy atom. The molecule has 0 aliphatic heterocycles. The van der Waals surface area contributed by atoms with Crippen LogP contribution >= 0.6 is 0 Å². The zero-order valence-electron chi connectivity index (χ0n) is 14.3. The number of carbonyl (C=O) groups is 1. The molecule has 3 rings (SSSR count). The maximum absolute atomic E-state index is 12.2. The topological polar surface area (TPSA) is 97.5 Å². The monoisotopic (exact) mass is 360 g/mol. The van der Waals surface area contributed by atoms with Gasteiger partial charge in [0.15, 0.2) is 0 Å². The number of nitro groups is 1. The summed E-state index contributed by atoms with van der Waals surface area (Å²) >= 11 is 0. The molecule has 1 heterocycles. The number of carbonyl (C=O) groups excluding carboxylic acids is 1. The van der Waals surface area contributed by atoms with Crippen molar-refractivity contribution < 1.29 is 9.72 Å². The number of amides is 1. The van der Waals surface area contributed by atoms with Crippen molar-refractivity contribution >= 4 is 17.3 Å². The van der Waals surface area contributed by atoms with Crippen LogP contribution in [0, 0.1) is 10.1 Å². The van der Waals surface area contributed by atoms with Crippen molar-refractivity contribution in [2.75, 3.05) is 0 Å². The van der Waals surface area contributed by atoms with Crippen LogP contribution in [0.4, 0.5) is 5.69 Å². The number of nitrogens with one attached hydrogen (secondary N) is 1. The summed E-state index contributed by atoms with van der Waals surface area (Å²) in [5, 5.41) is 14.9. The van der Waals surface area contributed by atoms with Crippen LogP contribution in [-0.2, 0) is 11.2 Å². The normalized spacial score (nSPS) is 11.0. The molecule has 1 aromatic heterocycles. The fourth-order valence-electron chi connectivity index (χ4n) is 2.45. The highest BCUT2D eigenvalue weighted by atomic mass is 16.6. The lowest BCUT2D eigenvalue weighted by atomic mass is 10.1. The average Bonchev–Trinajstić information content (AvgIpc) is 2.70. The average molecular weight is 360 g/mol. The zero-order chi connectivity index (χ0) is 19.1. The van der Waals surface area contributed by atoms with Gasteiger partial charge in [0.2, 0.25) is 5.91 Å². The molecule has 27 heavy (non-hydrogen) atoms. The van der Waals surface area contributed by atoms with Gasteiger partial charge in [-0.05, 0) is 17.7 Å². The first-order valence-electron chi connectivity index (χ1n) is 8.20. The summed E-state index contributed by atoms with van der Waals surface area (Å²) in [7, 11) is 0. The van der Waals surface area contributed by atoms with Gasteiger partial charge in [-0.2, -0.15) is 5.10 Å². The Balaban J connectivity index is 1.76. The Morgan fingerprint density at radius 1 is 1.00 bits per heavy atom. The van der Waals surface area contributed by atoms with E-state index in [-0.39, 0.29) is 18.0 Å². The van der Waals surface area contributed by atoms with Crippen LogP contribution in [0.1, 0.15) is 16.8 Å². The molecule has 3 aromatic rings. The number of nitrogens with zero attached hydrogens (tertiary/aromatic N) is 3. The van der Waals surface area contributed by atoms with Crippen LogP contribution in [-0.4, -0.2) is 21.5 Å². The van der Waals surface area contributed by atoms with E-state index in [1.54, 1.807) is 24.4 Å². The molecular formula is C20H16N4O3. The molecule has 0 bridgehead atoms. The van der Waals surface area contributed by atoms with Gasteiger partial charge in [0.1, 0.15) is 5.71 Å². The van der Waals surface area contributed by atoms with E-state index >= 15 is 0 Å². The molecule has 0 radical (unpaired) electrons. The fraction of sp³-hybridized carbons (Fsp3) is 0.0500. The largest absolute Gasteiger partial charge is 0.273 e. The molecule has 0 saturated heterocycles. The maximum atomic E-state index is 12.2. The molecule has 7 heteroatoms. The van der Waals surface area contributed by atoms with Crippen LogP contribution in [0.3, 0.4) is 0 Å². The third-order valence-electron chi connectivity index (χ3n) is 3.76. The minimum Gasteiger partial charge on any atom is -0.273 e. The quantitative estimate of drug-likeness (QED) is 0.415. The van der Waals surface area contributed by atoms with E-state index in [0.717, 1.165) is 5.56 Å². The van der Waals surface area contributed by atoms with E-state index in [0.29, 0.717) is 17.0 Å². The number of hydrogen-bond donors (Lipinski definition) is 1. The summed E-state index contributed by atoms with van der Waals surface area (Å²) in [6.45, 7) is 0. The number of nitro benzene ring substituents is 1. The number of non-ortho nitro benzene ring substituents is 1. The van der Waals surface area contributed by atoms with E-state index in [4.69, 9.17) is 0 Å². The summed E-state index contributed by atoms with van der Waals surface area (Å²) in [6, 6.07) is 20.7. The second-order valence-electron chi connectivity index (χ2n) is 5.68. The van der Waals surface area contributed by atoms with E-state index in [9.17, 15) is 14.9 Å². The smallest absolute Gasteiger partial charge is 0.269 e. The highest BCUT2D eigenvalue weighted by Gasteiger charge is 2.10. The predicted molar refractivity (Wildman–Crippen MR) is 101 cm³/mol. The second-order valence-corrected chi connectivity index (χ2v) is 5.68. The first kappa shape index (κ1) is 17.9. The van der Waals surface area contributed by atoms with Crippen LogP contribution in [0.5, 0.6) is 0 Å². The van der Waals surface area contributed by atoms with E-state index < -0.39 is 4.92 Å². The number of hydrogen-bond acceptors (Lipinski definition) is 5. The lowest BCUT2D eigenvalue weighted by Gasteiger charge is -2.07. The number of pyridine rings is 1. The molecular weight excluding hydrogens is 344 g/mol. The maximum Gasteiger partial charge on any atom is 0.269 e. The van der Waals surface area contributed by atoms with Gasteiger partial charge < -0.3 is 0 Å². The van der Waals surface area contributed by atoms with E-state index in [1.807, 2.05) is 42.5 Å². The molecule has 1 amide bonds. The van der Waals surface area contributed by atoms with Crippen molar-refractivity contribution in [2.24, 2.45) is 5.10 Å². The van der Waals surface area contributed by atoms with Gasteiger partial charge in [-0.3, -0.25) is 19.9 Å². The molecule has 7 nitrogen and oxygen atoms in total. The Hall–Kier alpha value is -3.87. The summed E-state index contributed by atoms with van der Waals surface area (Å²) in [5.74, 6) is -0.326. The molecule has 1 N–H and O–H groups in total. The first-order valence-corrected chi connectivity index (χ1v) is 8.20. The number of benzene rings is 2. The molecule has 0 saturated carbocycles. The van der Waals surface area contributed by atoms with Crippen molar-refractivity contribution in [3.05, 3.63) is 106 Å². The van der Waals surface area contributed by atoms with Crippen LogP contribution in [0.15, 0.2) is 84.1 Å². The van der Waals surface area contributed by atoms with Crippen molar-refractivity contribution in [3.8, 4) is 0 Å². The van der Waals surface area contributed by atoms with Gasteiger partial charge in [0.05, 0.1) is 17.0 Å². The van der Waals surface area contributed by atoms with Crippen molar-refractivity contribution in [2.45, 2.75) is 6.42 Å². The lowest BCUT2D eigenvalue weighted by Crippen LogP contribution is -2.22. The second kappa shape index (κ2) is 8.48. The summed E-state index contributed by atoms with van der Waals surface area (Å²) < 4.78 is 0. The van der Waals surface area contributed by atoms with E-state index in [2.05, 4.69) is 15.5 Å². The minimum absolute atomic E-state index is 0.0151. The summed E-state index contributed by atoms with van der Waals surface area (Å²) in [4.78, 5) is 26.7. The van der Waals surface area contributed by atoms with Crippen LogP contribution < -0.4 is 5.43 Å². The standard InChI is InChI=1S/C20H16N4O3/c25-19(14-15-9-11-17(12-10-15)24(26)27)22-23-20(16-6-2-1-3-7-16)18-8-4-5-13-21-18/h1-13H,14H2,(H,22,25)/b23-20+. The summed E-state index contributed by atoms with van der Waals surface area (Å²) in [5.41, 5.74) is 5.20. The zero-order valence-corrected chi connectivity index (χ0v) is 14.3. The van der Waals surface area contributed by atoms with Crippen molar-refractivity contribution in [1.29, 1.82) is 0 Å². The molecule has 0 aliphatic rings. The number of aromatic nitrogens is 1. The van der Waals surface area contributed by atoms with Crippen molar-refractivity contribution in [1.82, 2.24) is 10.4 Å². The highest BCUT2D eigenvalue weighted by molar-refractivity contribution is 6.11. The Morgan fingerprint density at radius 3 is 2.33 bits per heavy atom. The van der Waals surface area contributed by atoms with Gasteiger partial charge in [0.25, 0.3) is 5.69 Å². The third-order valence-corrected chi connectivity index (χ3v) is 3.76. The molecule has 0 spiro atoms. The third kappa shape index (κ3) is 4.82. The Labute approximate surface area is 155 Å². The van der Waals surface area contributed by atoms with Crippen LogP contribution in [0.2, 0.25) is 0 Å². The van der Waals surface area contributed by atoms with E-state index in [1.165, 1.54) is 12.1 Å². The Kier molecular flexibility index (Phi) is 5.64. The lowest BCUT2D eigenvalue weighted by molar-refractivity contribution is -0.384.